The van der Waals surface area contributed by atoms with Crippen molar-refractivity contribution in [2.45, 2.75) is 19.0 Å². The second-order valence-corrected chi connectivity index (χ2v) is 4.60. The average Bonchev–Trinajstić information content (AvgIpc) is 2.88. The van der Waals surface area contributed by atoms with Gasteiger partial charge in [0.2, 0.25) is 0 Å². The molecule has 16 heavy (non-hydrogen) atoms. The number of nitrogens with zero attached hydrogens (tertiary/aromatic N) is 1. The third kappa shape index (κ3) is 1.11. The largest absolute Gasteiger partial charge is 0.422 e. The highest BCUT2D eigenvalue weighted by molar-refractivity contribution is 6.24. The van der Waals surface area contributed by atoms with Crippen LogP contribution in [-0.4, -0.2) is 30.1 Å². The Labute approximate surface area is 94.7 Å². The maximum Gasteiger partial charge on any atom is 0.399 e. The molecule has 0 spiro atoms. The van der Waals surface area contributed by atoms with Gasteiger partial charge in [-0.2, -0.15) is 0 Å². The fourth-order valence-corrected chi connectivity index (χ4v) is 2.82. The van der Waals surface area contributed by atoms with E-state index in [1.807, 2.05) is 7.62 Å². The standard InChI is InChI=1S/C12H12BN2O/c1-2-4-11-9(3-1)10-5-8-7-16-13-15(8)6-12(10)14-11/h1-4,8,14H,5-7H2/t8-/m0/s1. The molecule has 1 N–H and O–H groups in total. The number of nitrogens with one attached hydrogen (secondary N) is 1. The van der Waals surface area contributed by atoms with Crippen molar-refractivity contribution < 1.29 is 4.65 Å². The van der Waals surface area contributed by atoms with Crippen molar-refractivity contribution in [3.05, 3.63) is 35.5 Å². The molecular weight excluding hydrogens is 199 g/mol. The number of hydrogen-bond acceptors (Lipinski definition) is 2. The maximum atomic E-state index is 5.39. The van der Waals surface area contributed by atoms with Crippen molar-refractivity contribution in [2.24, 2.45) is 0 Å². The van der Waals surface area contributed by atoms with E-state index < -0.39 is 0 Å². The summed E-state index contributed by atoms with van der Waals surface area (Å²) in [7, 11) is 1.87. The maximum absolute atomic E-state index is 5.39. The number of hydrogen-bond donors (Lipinski definition) is 1. The Balaban J connectivity index is 1.89. The molecule has 1 aromatic heterocycles. The van der Waals surface area contributed by atoms with E-state index in [-0.39, 0.29) is 0 Å². The molecule has 4 heteroatoms. The molecular formula is C12H12BN2O. The van der Waals surface area contributed by atoms with Crippen LogP contribution in [0.15, 0.2) is 24.3 Å². The molecule has 1 aromatic carbocycles. The van der Waals surface area contributed by atoms with Gasteiger partial charge in [0.25, 0.3) is 0 Å². The Morgan fingerprint density at radius 3 is 3.31 bits per heavy atom. The second-order valence-electron chi connectivity index (χ2n) is 4.60. The first-order valence-corrected chi connectivity index (χ1v) is 5.71. The summed E-state index contributed by atoms with van der Waals surface area (Å²) in [6, 6.07) is 9.09. The van der Waals surface area contributed by atoms with E-state index in [4.69, 9.17) is 4.65 Å². The van der Waals surface area contributed by atoms with E-state index in [1.165, 1.54) is 22.2 Å². The molecule has 4 rings (SSSR count). The highest BCUT2D eigenvalue weighted by Gasteiger charge is 2.33. The number of para-hydroxylation sites is 1. The number of aromatic nitrogens is 1. The number of H-pyrrole nitrogens is 1. The van der Waals surface area contributed by atoms with Gasteiger partial charge in [0.05, 0.1) is 0 Å². The summed E-state index contributed by atoms with van der Waals surface area (Å²) in [6.07, 6.45) is 1.09. The van der Waals surface area contributed by atoms with Gasteiger partial charge in [0.15, 0.2) is 0 Å². The summed E-state index contributed by atoms with van der Waals surface area (Å²) in [4.78, 5) is 5.80. The monoisotopic (exact) mass is 211 g/mol. The van der Waals surface area contributed by atoms with E-state index >= 15 is 0 Å². The van der Waals surface area contributed by atoms with Crippen molar-refractivity contribution in [3.8, 4) is 0 Å². The third-order valence-electron chi connectivity index (χ3n) is 3.65. The normalized spacial score (nSPS) is 24.1. The first-order chi connectivity index (χ1) is 7.92. The van der Waals surface area contributed by atoms with Crippen LogP contribution in [0.5, 0.6) is 0 Å². The van der Waals surface area contributed by atoms with E-state index in [2.05, 4.69) is 34.1 Å². The average molecular weight is 211 g/mol. The lowest BCUT2D eigenvalue weighted by Crippen LogP contribution is -2.37. The fourth-order valence-electron chi connectivity index (χ4n) is 2.82. The Kier molecular flexibility index (Phi) is 1.73. The quantitative estimate of drug-likeness (QED) is 0.668. The van der Waals surface area contributed by atoms with Crippen LogP contribution in [0, 0.1) is 0 Å². The molecule has 1 atom stereocenters. The molecule has 2 aliphatic heterocycles. The second kappa shape index (κ2) is 3.12. The topological polar surface area (TPSA) is 28.3 Å². The Hall–Kier alpha value is -1.26. The van der Waals surface area contributed by atoms with Crippen LogP contribution in [0.25, 0.3) is 10.9 Å². The van der Waals surface area contributed by atoms with Gasteiger partial charge in [0, 0.05) is 35.8 Å². The van der Waals surface area contributed by atoms with Gasteiger partial charge in [-0.05, 0) is 18.1 Å². The van der Waals surface area contributed by atoms with Gasteiger partial charge in [-0.25, -0.2) is 0 Å². The zero-order valence-electron chi connectivity index (χ0n) is 8.94. The summed E-state index contributed by atoms with van der Waals surface area (Å²) < 4.78 is 5.39. The van der Waals surface area contributed by atoms with Crippen LogP contribution in [-0.2, 0) is 17.6 Å². The van der Waals surface area contributed by atoms with Gasteiger partial charge in [-0.1, -0.05) is 18.2 Å². The van der Waals surface area contributed by atoms with Gasteiger partial charge >= 0.3 is 7.62 Å². The SMILES string of the molecule is [B]1OC[C@@H]2Cc3c([nH]c4ccccc34)CN12. The lowest BCUT2D eigenvalue weighted by Gasteiger charge is -2.27. The molecule has 0 amide bonds. The van der Waals surface area contributed by atoms with Crippen LogP contribution in [0.4, 0.5) is 0 Å². The molecule has 3 heterocycles. The van der Waals surface area contributed by atoms with E-state index in [0.29, 0.717) is 6.04 Å². The molecule has 2 aliphatic rings. The Morgan fingerprint density at radius 2 is 2.31 bits per heavy atom. The van der Waals surface area contributed by atoms with Crippen LogP contribution in [0.1, 0.15) is 11.3 Å². The number of benzene rings is 1. The molecule has 1 saturated heterocycles. The minimum absolute atomic E-state index is 0.534. The molecule has 2 aromatic rings. The minimum Gasteiger partial charge on any atom is -0.422 e. The highest BCUT2D eigenvalue weighted by atomic mass is 16.4. The smallest absolute Gasteiger partial charge is 0.399 e. The molecule has 3 nitrogen and oxygen atoms in total. The summed E-state index contributed by atoms with van der Waals surface area (Å²) in [5.74, 6) is 0. The van der Waals surface area contributed by atoms with Gasteiger partial charge in [-0.3, -0.25) is 0 Å². The summed E-state index contributed by atoms with van der Waals surface area (Å²) in [5, 5.41) is 1.38. The summed E-state index contributed by atoms with van der Waals surface area (Å²) in [6.45, 7) is 1.79. The van der Waals surface area contributed by atoms with Crippen molar-refractivity contribution in [2.75, 3.05) is 6.61 Å². The Bertz CT molecular complexity index is 551. The third-order valence-corrected chi connectivity index (χ3v) is 3.65. The molecule has 79 valence electrons. The van der Waals surface area contributed by atoms with Crippen LogP contribution in [0.2, 0.25) is 0 Å². The molecule has 0 unspecified atom stereocenters. The molecule has 0 bridgehead atoms. The molecule has 0 aliphatic carbocycles. The first kappa shape index (κ1) is 8.85. The van der Waals surface area contributed by atoms with E-state index in [1.54, 1.807) is 0 Å². The van der Waals surface area contributed by atoms with E-state index in [9.17, 15) is 0 Å². The van der Waals surface area contributed by atoms with Crippen LogP contribution >= 0.6 is 0 Å². The molecule has 1 fully saturated rings. The number of fused-ring (bicyclic) bond motifs is 4. The van der Waals surface area contributed by atoms with Gasteiger partial charge < -0.3 is 14.4 Å². The highest BCUT2D eigenvalue weighted by Crippen LogP contribution is 2.31. The first-order valence-electron chi connectivity index (χ1n) is 5.71. The lowest BCUT2D eigenvalue weighted by molar-refractivity contribution is 0.291. The van der Waals surface area contributed by atoms with Crippen LogP contribution in [0.3, 0.4) is 0 Å². The number of rotatable bonds is 0. The predicted octanol–water partition coefficient (Wildman–Crippen LogP) is 1.46. The number of aromatic amines is 1. The van der Waals surface area contributed by atoms with E-state index in [0.717, 1.165) is 19.6 Å². The lowest BCUT2D eigenvalue weighted by atomic mass is 9.95. The minimum atomic E-state index is 0.534. The van der Waals surface area contributed by atoms with Crippen molar-refractivity contribution in [3.63, 3.8) is 0 Å². The van der Waals surface area contributed by atoms with Crippen molar-refractivity contribution >= 4 is 18.5 Å². The van der Waals surface area contributed by atoms with Crippen molar-refractivity contribution in [1.82, 2.24) is 9.79 Å². The van der Waals surface area contributed by atoms with Crippen molar-refractivity contribution in [1.29, 1.82) is 0 Å². The van der Waals surface area contributed by atoms with Crippen LogP contribution < -0.4 is 0 Å². The fraction of sp³-hybridized carbons (Fsp3) is 0.333. The molecule has 1 radical (unpaired) electrons. The zero-order valence-corrected chi connectivity index (χ0v) is 8.94. The van der Waals surface area contributed by atoms with Gasteiger partial charge in [0.1, 0.15) is 0 Å². The zero-order chi connectivity index (χ0) is 10.5. The summed E-state index contributed by atoms with van der Waals surface area (Å²) >= 11 is 0. The predicted molar refractivity (Wildman–Crippen MR) is 63.0 cm³/mol. The molecule has 0 saturated carbocycles. The van der Waals surface area contributed by atoms with Gasteiger partial charge in [-0.15, -0.1) is 0 Å². The summed E-state index contributed by atoms with van der Waals surface area (Å²) in [5.41, 5.74) is 4.09. The Morgan fingerprint density at radius 1 is 1.38 bits per heavy atom.